The van der Waals surface area contributed by atoms with Crippen LogP contribution < -0.4 is 0 Å². The average Bonchev–Trinajstić information content (AvgIpc) is 2.61. The lowest BCUT2D eigenvalue weighted by Gasteiger charge is -1.92. The van der Waals surface area contributed by atoms with Gasteiger partial charge in [-0.05, 0) is 0 Å². The van der Waals surface area contributed by atoms with E-state index in [0.29, 0.717) is 16.9 Å². The van der Waals surface area contributed by atoms with Crippen LogP contribution in [0.2, 0.25) is 0 Å². The predicted molar refractivity (Wildman–Crippen MR) is 44.9 cm³/mol. The summed E-state index contributed by atoms with van der Waals surface area (Å²) in [7, 11) is 0. The van der Waals surface area contributed by atoms with Crippen molar-refractivity contribution in [2.45, 2.75) is 0 Å². The van der Waals surface area contributed by atoms with Crippen LogP contribution in [0.25, 0.3) is 22.4 Å². The number of fused-ring (bicyclic) bond motifs is 2. The number of hydrogen-bond donors (Lipinski definition) is 0. The standard InChI is InChI=1S/C8H4N4O/c1-2-13-6-3-5-7(11-4-10-5)12-8(6)9-1/h1-4H. The number of imidazole rings is 1. The topological polar surface area (TPSA) is 64.7 Å². The molecule has 0 unspecified atom stereocenters. The smallest absolute Gasteiger partial charge is 0.197 e. The highest BCUT2D eigenvalue weighted by Crippen LogP contribution is 2.13. The summed E-state index contributed by atoms with van der Waals surface area (Å²) in [4.78, 5) is 16.2. The van der Waals surface area contributed by atoms with Gasteiger partial charge in [-0.3, -0.25) is 0 Å². The molecule has 0 saturated carbocycles. The number of aromatic nitrogens is 4. The molecular formula is C8H4N4O. The number of pyridine rings is 1. The average molecular weight is 172 g/mol. The fourth-order valence-electron chi connectivity index (χ4n) is 1.19. The van der Waals surface area contributed by atoms with Crippen LogP contribution in [0.15, 0.2) is 29.3 Å². The van der Waals surface area contributed by atoms with E-state index in [1.807, 2.05) is 0 Å². The molecule has 0 radical (unpaired) electrons. The maximum Gasteiger partial charge on any atom is 0.197 e. The maximum atomic E-state index is 5.20. The van der Waals surface area contributed by atoms with Crippen molar-refractivity contribution in [3.8, 4) is 0 Å². The van der Waals surface area contributed by atoms with E-state index in [1.165, 1.54) is 12.6 Å². The van der Waals surface area contributed by atoms with Gasteiger partial charge in [0.1, 0.15) is 18.1 Å². The Kier molecular flexibility index (Phi) is 1.11. The Balaban J connectivity index is 2.57. The molecule has 0 saturated heterocycles. The third-order valence-electron chi connectivity index (χ3n) is 1.76. The first-order valence-electron chi connectivity index (χ1n) is 3.74. The number of nitrogens with zero attached hydrogens (tertiary/aromatic N) is 4. The van der Waals surface area contributed by atoms with Crippen LogP contribution in [-0.4, -0.2) is 19.9 Å². The van der Waals surface area contributed by atoms with Crippen molar-refractivity contribution in [3.63, 3.8) is 0 Å². The fraction of sp³-hybridized carbons (Fsp3) is 0. The highest BCUT2D eigenvalue weighted by atomic mass is 16.3. The monoisotopic (exact) mass is 172 g/mol. The molecule has 62 valence electrons. The molecule has 13 heavy (non-hydrogen) atoms. The van der Waals surface area contributed by atoms with Gasteiger partial charge in [0.25, 0.3) is 0 Å². The highest BCUT2D eigenvalue weighted by Gasteiger charge is 2.03. The summed E-state index contributed by atoms with van der Waals surface area (Å²) in [6.45, 7) is 0. The van der Waals surface area contributed by atoms with E-state index in [0.717, 1.165) is 5.52 Å². The minimum atomic E-state index is 0.551. The van der Waals surface area contributed by atoms with Gasteiger partial charge in [0.15, 0.2) is 16.9 Å². The van der Waals surface area contributed by atoms with Gasteiger partial charge in [-0.25, -0.2) is 19.9 Å². The zero-order valence-corrected chi connectivity index (χ0v) is 6.51. The third kappa shape index (κ3) is 0.868. The first-order chi connectivity index (χ1) is 6.43. The third-order valence-corrected chi connectivity index (χ3v) is 1.76. The van der Waals surface area contributed by atoms with E-state index in [4.69, 9.17) is 4.42 Å². The molecule has 0 aliphatic rings. The Bertz CT molecular complexity index is 525. The van der Waals surface area contributed by atoms with Crippen molar-refractivity contribution in [3.05, 3.63) is 24.9 Å². The fourth-order valence-corrected chi connectivity index (χ4v) is 1.19. The lowest BCUT2D eigenvalue weighted by atomic mass is 10.4. The van der Waals surface area contributed by atoms with Crippen molar-refractivity contribution >= 4 is 22.4 Å². The van der Waals surface area contributed by atoms with E-state index in [9.17, 15) is 0 Å². The molecule has 0 fully saturated rings. The summed E-state index contributed by atoms with van der Waals surface area (Å²) in [6.07, 6.45) is 4.53. The van der Waals surface area contributed by atoms with Crippen LogP contribution in [-0.2, 0) is 0 Å². The molecule has 3 aromatic rings. The van der Waals surface area contributed by atoms with Gasteiger partial charge in [-0.15, -0.1) is 0 Å². The summed E-state index contributed by atoms with van der Waals surface area (Å²) in [5.74, 6) is 0. The molecule has 5 nitrogen and oxygen atoms in total. The Morgan fingerprint density at radius 3 is 3.08 bits per heavy atom. The van der Waals surface area contributed by atoms with Gasteiger partial charge < -0.3 is 4.42 Å². The molecule has 0 aliphatic heterocycles. The lowest BCUT2D eigenvalue weighted by molar-refractivity contribution is 0.597. The Hall–Kier alpha value is -2.04. The largest absolute Gasteiger partial charge is 0.459 e. The van der Waals surface area contributed by atoms with E-state index >= 15 is 0 Å². The molecule has 0 spiro atoms. The maximum absolute atomic E-state index is 5.20. The molecule has 0 aliphatic carbocycles. The molecule has 0 bridgehead atoms. The summed E-state index contributed by atoms with van der Waals surface area (Å²) >= 11 is 0. The van der Waals surface area contributed by atoms with Gasteiger partial charge in [0.2, 0.25) is 0 Å². The second kappa shape index (κ2) is 2.22. The second-order valence-corrected chi connectivity index (χ2v) is 2.56. The highest BCUT2D eigenvalue weighted by molar-refractivity contribution is 5.82. The van der Waals surface area contributed by atoms with Crippen LogP contribution in [0.4, 0.5) is 0 Å². The molecule has 0 atom stereocenters. The molecule has 0 amide bonds. The van der Waals surface area contributed by atoms with Crippen molar-refractivity contribution < 1.29 is 4.42 Å². The van der Waals surface area contributed by atoms with Crippen molar-refractivity contribution in [2.75, 3.05) is 0 Å². The summed E-state index contributed by atoms with van der Waals surface area (Å²) in [6, 6.07) is 1.78. The first-order valence-corrected chi connectivity index (χ1v) is 3.74. The summed E-state index contributed by atoms with van der Waals surface area (Å²) < 4.78 is 5.20. The van der Waals surface area contributed by atoms with Gasteiger partial charge in [0.05, 0.1) is 6.20 Å². The number of rotatable bonds is 0. The van der Waals surface area contributed by atoms with Crippen molar-refractivity contribution in [2.24, 2.45) is 0 Å². The van der Waals surface area contributed by atoms with Gasteiger partial charge in [-0.1, -0.05) is 0 Å². The van der Waals surface area contributed by atoms with Crippen LogP contribution >= 0.6 is 0 Å². The van der Waals surface area contributed by atoms with Gasteiger partial charge in [-0.2, -0.15) is 0 Å². The Morgan fingerprint density at radius 1 is 1.08 bits per heavy atom. The Morgan fingerprint density at radius 2 is 2.08 bits per heavy atom. The molecule has 0 N–H and O–H groups in total. The first kappa shape index (κ1) is 6.47. The Labute approximate surface area is 72.5 Å². The molecule has 3 heterocycles. The summed E-state index contributed by atoms with van der Waals surface area (Å²) in [5.41, 5.74) is 2.50. The molecular weight excluding hydrogens is 168 g/mol. The van der Waals surface area contributed by atoms with E-state index in [1.54, 1.807) is 12.3 Å². The minimum absolute atomic E-state index is 0.551. The van der Waals surface area contributed by atoms with Crippen molar-refractivity contribution in [1.82, 2.24) is 19.9 Å². The number of hydrogen-bond acceptors (Lipinski definition) is 5. The zero-order valence-electron chi connectivity index (χ0n) is 6.51. The van der Waals surface area contributed by atoms with Crippen LogP contribution in [0, 0.1) is 0 Å². The zero-order chi connectivity index (χ0) is 8.67. The van der Waals surface area contributed by atoms with Crippen LogP contribution in [0.3, 0.4) is 0 Å². The molecule has 3 rings (SSSR count). The SMILES string of the molecule is c1nc2cc3occnc3nc2n1. The van der Waals surface area contributed by atoms with Gasteiger partial charge >= 0.3 is 0 Å². The quantitative estimate of drug-likeness (QED) is 0.509. The van der Waals surface area contributed by atoms with Crippen LogP contribution in [0.5, 0.6) is 0 Å². The second-order valence-electron chi connectivity index (χ2n) is 2.56. The van der Waals surface area contributed by atoms with E-state index in [2.05, 4.69) is 19.9 Å². The molecule has 3 aromatic heterocycles. The normalized spacial score (nSPS) is 11.1. The molecule has 5 heteroatoms. The predicted octanol–water partition coefficient (Wildman–Crippen LogP) is 1.17. The van der Waals surface area contributed by atoms with Gasteiger partial charge in [0, 0.05) is 6.07 Å². The van der Waals surface area contributed by atoms with Crippen molar-refractivity contribution in [1.29, 1.82) is 0 Å². The summed E-state index contributed by atoms with van der Waals surface area (Å²) in [5, 5.41) is 0. The van der Waals surface area contributed by atoms with Crippen LogP contribution in [0.1, 0.15) is 0 Å². The lowest BCUT2D eigenvalue weighted by Crippen LogP contribution is -1.83. The van der Waals surface area contributed by atoms with E-state index < -0.39 is 0 Å². The minimum Gasteiger partial charge on any atom is -0.459 e. The molecule has 0 aromatic carbocycles. The van der Waals surface area contributed by atoms with E-state index in [-0.39, 0.29) is 0 Å².